The number of carbonyl (C=O) groups excluding carboxylic acids is 1. The Balaban J connectivity index is 1.59. The Morgan fingerprint density at radius 2 is 2.03 bits per heavy atom. The first kappa shape index (κ1) is 20.9. The number of benzene rings is 1. The molecular formula is C22H26N4O5. The summed E-state index contributed by atoms with van der Waals surface area (Å²) in [6, 6.07) is 8.23. The molecule has 0 spiro atoms. The minimum Gasteiger partial charge on any atom is -0.615 e. The SMILES string of the molecule is COc1cc2nn(C3CC(C(C)(C)O)C3)cc2cc1NC(=O)c1cccc(OC)[n+]1[O-]. The van der Waals surface area contributed by atoms with E-state index in [1.54, 1.807) is 18.2 Å². The molecule has 2 N–H and O–H groups in total. The average molecular weight is 426 g/mol. The standard InChI is InChI=1S/C22H26N4O5/c1-22(2,28)14-9-15(10-14)25-12-13-8-17(19(30-3)11-16(13)24-25)23-21(27)18-6-5-7-20(31-4)26(18)29/h5-8,11-12,14-15,28H,9-10H2,1-4H3,(H,23,27). The minimum absolute atomic E-state index is 0.0289. The molecular weight excluding hydrogens is 400 g/mol. The molecule has 31 heavy (non-hydrogen) atoms. The van der Waals surface area contributed by atoms with Crippen LogP contribution in [0.15, 0.2) is 36.5 Å². The summed E-state index contributed by atoms with van der Waals surface area (Å²) in [6.07, 6.45) is 3.64. The van der Waals surface area contributed by atoms with E-state index in [4.69, 9.17) is 9.47 Å². The number of aliphatic hydroxyl groups is 1. The predicted octanol–water partition coefficient (Wildman–Crippen LogP) is 2.66. The quantitative estimate of drug-likeness (QED) is 0.463. The van der Waals surface area contributed by atoms with E-state index in [0.717, 1.165) is 23.7 Å². The number of amides is 1. The second kappa shape index (κ2) is 7.73. The summed E-state index contributed by atoms with van der Waals surface area (Å²) in [6.45, 7) is 3.67. The van der Waals surface area contributed by atoms with Gasteiger partial charge in [0.25, 0.3) is 5.69 Å². The summed E-state index contributed by atoms with van der Waals surface area (Å²) >= 11 is 0. The van der Waals surface area contributed by atoms with E-state index >= 15 is 0 Å². The fraction of sp³-hybridized carbons (Fsp3) is 0.409. The number of anilines is 1. The fourth-order valence-electron chi connectivity index (χ4n) is 3.89. The van der Waals surface area contributed by atoms with Crippen LogP contribution in [0.25, 0.3) is 10.9 Å². The smallest absolute Gasteiger partial charge is 0.379 e. The van der Waals surface area contributed by atoms with Gasteiger partial charge in [0.2, 0.25) is 0 Å². The molecule has 164 valence electrons. The summed E-state index contributed by atoms with van der Waals surface area (Å²) in [4.78, 5) is 12.7. The molecule has 0 unspecified atom stereocenters. The third-order valence-electron chi connectivity index (χ3n) is 5.93. The van der Waals surface area contributed by atoms with Gasteiger partial charge in [-0.25, -0.2) is 0 Å². The van der Waals surface area contributed by atoms with Gasteiger partial charge in [0.1, 0.15) is 5.75 Å². The summed E-state index contributed by atoms with van der Waals surface area (Å²) in [5.74, 6) is 0.137. The molecule has 9 heteroatoms. The number of carbonyl (C=O) groups is 1. The number of aromatic nitrogens is 3. The van der Waals surface area contributed by atoms with Crippen LogP contribution in [0, 0.1) is 11.1 Å². The second-order valence-corrected chi connectivity index (χ2v) is 8.40. The normalized spacial score (nSPS) is 18.5. The van der Waals surface area contributed by atoms with Gasteiger partial charge in [0, 0.05) is 23.7 Å². The van der Waals surface area contributed by atoms with Crippen LogP contribution in [0.4, 0.5) is 5.69 Å². The average Bonchev–Trinajstić information content (AvgIpc) is 3.07. The van der Waals surface area contributed by atoms with Crippen molar-refractivity contribution in [2.24, 2.45) is 5.92 Å². The molecule has 1 aliphatic carbocycles. The maximum absolute atomic E-state index is 12.7. The number of methoxy groups -OCH3 is 2. The highest BCUT2D eigenvalue weighted by atomic mass is 16.5. The molecule has 4 rings (SSSR count). The zero-order valence-corrected chi connectivity index (χ0v) is 18.0. The van der Waals surface area contributed by atoms with Crippen LogP contribution < -0.4 is 19.5 Å². The van der Waals surface area contributed by atoms with Crippen molar-refractivity contribution in [2.75, 3.05) is 19.5 Å². The molecule has 1 amide bonds. The first-order valence-electron chi connectivity index (χ1n) is 10.1. The predicted molar refractivity (Wildman–Crippen MR) is 114 cm³/mol. The van der Waals surface area contributed by atoms with Gasteiger partial charge in [-0.15, -0.1) is 4.73 Å². The van der Waals surface area contributed by atoms with E-state index in [-0.39, 0.29) is 23.5 Å². The molecule has 1 saturated carbocycles. The van der Waals surface area contributed by atoms with Crippen LogP contribution in [-0.2, 0) is 0 Å². The summed E-state index contributed by atoms with van der Waals surface area (Å²) in [5.41, 5.74) is 0.388. The molecule has 2 aromatic heterocycles. The highest BCUT2D eigenvalue weighted by Gasteiger charge is 2.40. The Labute approximate surface area is 179 Å². The second-order valence-electron chi connectivity index (χ2n) is 8.40. The third kappa shape index (κ3) is 3.88. The maximum atomic E-state index is 12.7. The fourth-order valence-corrected chi connectivity index (χ4v) is 3.89. The van der Waals surface area contributed by atoms with Crippen molar-refractivity contribution in [3.05, 3.63) is 47.4 Å². The maximum Gasteiger partial charge on any atom is 0.379 e. The van der Waals surface area contributed by atoms with Crippen LogP contribution >= 0.6 is 0 Å². The van der Waals surface area contributed by atoms with Crippen LogP contribution in [0.1, 0.15) is 43.2 Å². The van der Waals surface area contributed by atoms with Gasteiger partial charge in [-0.2, -0.15) is 5.10 Å². The number of fused-ring (bicyclic) bond motifs is 1. The largest absolute Gasteiger partial charge is 0.615 e. The minimum atomic E-state index is -0.692. The van der Waals surface area contributed by atoms with Gasteiger partial charge < -0.3 is 25.1 Å². The molecule has 1 aliphatic rings. The van der Waals surface area contributed by atoms with Crippen molar-refractivity contribution in [3.63, 3.8) is 0 Å². The Kier molecular flexibility index (Phi) is 5.22. The van der Waals surface area contributed by atoms with Crippen molar-refractivity contribution < 1.29 is 24.1 Å². The molecule has 1 aromatic carbocycles. The van der Waals surface area contributed by atoms with Crippen molar-refractivity contribution in [1.29, 1.82) is 0 Å². The van der Waals surface area contributed by atoms with Gasteiger partial charge in [-0.1, -0.05) is 0 Å². The zero-order chi connectivity index (χ0) is 22.3. The Morgan fingerprint density at radius 1 is 1.29 bits per heavy atom. The van der Waals surface area contributed by atoms with Crippen LogP contribution in [0.2, 0.25) is 0 Å². The summed E-state index contributed by atoms with van der Waals surface area (Å²) in [5, 5.41) is 30.7. The molecule has 0 saturated heterocycles. The number of nitrogens with one attached hydrogen (secondary N) is 1. The monoisotopic (exact) mass is 426 g/mol. The van der Waals surface area contributed by atoms with Gasteiger partial charge in [-0.05, 0) is 44.7 Å². The molecule has 0 bridgehead atoms. The van der Waals surface area contributed by atoms with Gasteiger partial charge in [-0.3, -0.25) is 9.48 Å². The van der Waals surface area contributed by atoms with E-state index in [1.165, 1.54) is 26.4 Å². The molecule has 0 aliphatic heterocycles. The number of pyridine rings is 1. The van der Waals surface area contributed by atoms with Crippen LogP contribution in [0.5, 0.6) is 11.6 Å². The number of nitrogens with zero attached hydrogens (tertiary/aromatic N) is 3. The first-order valence-corrected chi connectivity index (χ1v) is 10.1. The zero-order valence-electron chi connectivity index (χ0n) is 18.0. The number of hydrogen-bond donors (Lipinski definition) is 2. The molecule has 9 nitrogen and oxygen atoms in total. The molecule has 0 radical (unpaired) electrons. The lowest BCUT2D eigenvalue weighted by Crippen LogP contribution is -2.41. The number of ether oxygens (including phenoxy) is 2. The third-order valence-corrected chi connectivity index (χ3v) is 5.93. The van der Waals surface area contributed by atoms with E-state index in [1.807, 2.05) is 24.7 Å². The van der Waals surface area contributed by atoms with Gasteiger partial charge >= 0.3 is 11.8 Å². The Bertz CT molecular complexity index is 1130. The van der Waals surface area contributed by atoms with Gasteiger partial charge in [0.05, 0.1) is 43.1 Å². The van der Waals surface area contributed by atoms with Crippen LogP contribution in [0.3, 0.4) is 0 Å². The molecule has 0 atom stereocenters. The first-order chi connectivity index (χ1) is 14.7. The van der Waals surface area contributed by atoms with E-state index in [0.29, 0.717) is 16.2 Å². The molecule has 2 heterocycles. The summed E-state index contributed by atoms with van der Waals surface area (Å²) in [7, 11) is 2.87. The van der Waals surface area contributed by atoms with E-state index < -0.39 is 11.5 Å². The van der Waals surface area contributed by atoms with Crippen molar-refractivity contribution in [2.45, 2.75) is 38.3 Å². The lowest BCUT2D eigenvalue weighted by Gasteiger charge is -2.42. The Hall–Kier alpha value is -3.33. The highest BCUT2D eigenvalue weighted by molar-refractivity contribution is 6.04. The van der Waals surface area contributed by atoms with Crippen molar-refractivity contribution >= 4 is 22.5 Å². The van der Waals surface area contributed by atoms with E-state index in [9.17, 15) is 15.1 Å². The number of hydrogen-bond acceptors (Lipinski definition) is 6. The van der Waals surface area contributed by atoms with Gasteiger partial charge in [0.15, 0.2) is 0 Å². The molecule has 3 aromatic rings. The van der Waals surface area contributed by atoms with Crippen LogP contribution in [-0.4, -0.2) is 40.6 Å². The number of rotatable bonds is 6. The molecule has 1 fully saturated rings. The Morgan fingerprint density at radius 3 is 2.68 bits per heavy atom. The highest BCUT2D eigenvalue weighted by Crippen LogP contribution is 2.44. The topological polar surface area (TPSA) is 113 Å². The lowest BCUT2D eigenvalue weighted by molar-refractivity contribution is -0.614. The lowest BCUT2D eigenvalue weighted by atomic mass is 9.71. The summed E-state index contributed by atoms with van der Waals surface area (Å²) < 4.78 is 12.8. The van der Waals surface area contributed by atoms with Crippen molar-refractivity contribution in [1.82, 2.24) is 9.78 Å². The van der Waals surface area contributed by atoms with E-state index in [2.05, 4.69) is 10.4 Å². The van der Waals surface area contributed by atoms with Crippen molar-refractivity contribution in [3.8, 4) is 11.6 Å².